The minimum absolute atomic E-state index is 0.0705. The minimum Gasteiger partial charge on any atom is -0.492 e. The Labute approximate surface area is 122 Å². The van der Waals surface area contributed by atoms with Crippen LogP contribution < -0.4 is 10.1 Å². The molecule has 1 rings (SSSR count). The van der Waals surface area contributed by atoms with E-state index in [2.05, 4.69) is 42.3 Å². The second-order valence-corrected chi connectivity index (χ2v) is 4.94. The number of hydrogen-bond acceptors (Lipinski definition) is 3. The molecule has 0 bridgehead atoms. The lowest BCUT2D eigenvalue weighted by Gasteiger charge is -2.20. The highest BCUT2D eigenvalue weighted by atomic mass is 16.5. The summed E-state index contributed by atoms with van der Waals surface area (Å²) in [4.78, 5) is 13.6. The highest BCUT2D eigenvalue weighted by Crippen LogP contribution is 2.18. The number of nitrogens with one attached hydrogen (secondary N) is 1. The maximum atomic E-state index is 11.6. The van der Waals surface area contributed by atoms with E-state index < -0.39 is 0 Å². The van der Waals surface area contributed by atoms with Gasteiger partial charge in [0, 0.05) is 13.1 Å². The van der Waals surface area contributed by atoms with Gasteiger partial charge < -0.3 is 10.1 Å². The van der Waals surface area contributed by atoms with Crippen molar-refractivity contribution in [1.29, 1.82) is 0 Å². The molecule has 112 valence electrons. The van der Waals surface area contributed by atoms with Crippen LogP contribution in [0.5, 0.6) is 5.75 Å². The van der Waals surface area contributed by atoms with E-state index in [0.29, 0.717) is 19.7 Å². The average molecular weight is 278 g/mol. The van der Waals surface area contributed by atoms with E-state index in [4.69, 9.17) is 4.74 Å². The summed E-state index contributed by atoms with van der Waals surface area (Å²) in [6.45, 7) is 11.4. The Morgan fingerprint density at radius 2 is 2.05 bits per heavy atom. The summed E-state index contributed by atoms with van der Waals surface area (Å²) in [7, 11) is 0. The van der Waals surface area contributed by atoms with Gasteiger partial charge in [-0.1, -0.05) is 19.1 Å². The summed E-state index contributed by atoms with van der Waals surface area (Å²) in [6, 6.07) is 6.20. The predicted octanol–water partition coefficient (Wildman–Crippen LogP) is 2.14. The number of aryl methyl sites for hydroxylation is 2. The van der Waals surface area contributed by atoms with Crippen LogP contribution in [0.4, 0.5) is 0 Å². The number of benzene rings is 1. The van der Waals surface area contributed by atoms with Crippen molar-refractivity contribution in [3.05, 3.63) is 29.3 Å². The van der Waals surface area contributed by atoms with Crippen molar-refractivity contribution in [2.24, 2.45) is 0 Å². The first-order valence-electron chi connectivity index (χ1n) is 7.25. The predicted molar refractivity (Wildman–Crippen MR) is 82.2 cm³/mol. The monoisotopic (exact) mass is 278 g/mol. The van der Waals surface area contributed by atoms with E-state index >= 15 is 0 Å². The number of carbonyl (C=O) groups is 1. The third-order valence-electron chi connectivity index (χ3n) is 3.20. The lowest BCUT2D eigenvalue weighted by Crippen LogP contribution is -2.39. The van der Waals surface area contributed by atoms with Gasteiger partial charge in [0.15, 0.2) is 0 Å². The molecular weight excluding hydrogens is 252 g/mol. The topological polar surface area (TPSA) is 41.6 Å². The fraction of sp³-hybridized carbons (Fsp3) is 0.562. The molecule has 0 saturated carbocycles. The van der Waals surface area contributed by atoms with E-state index in [0.717, 1.165) is 24.4 Å². The van der Waals surface area contributed by atoms with E-state index in [-0.39, 0.29) is 5.91 Å². The van der Waals surface area contributed by atoms with Gasteiger partial charge in [-0.3, -0.25) is 9.69 Å². The van der Waals surface area contributed by atoms with Crippen LogP contribution in [0.15, 0.2) is 18.2 Å². The molecule has 20 heavy (non-hydrogen) atoms. The summed E-state index contributed by atoms with van der Waals surface area (Å²) in [5, 5.41) is 2.81. The molecule has 1 aromatic rings. The van der Waals surface area contributed by atoms with E-state index in [1.54, 1.807) is 0 Å². The third-order valence-corrected chi connectivity index (χ3v) is 3.20. The summed E-state index contributed by atoms with van der Waals surface area (Å²) >= 11 is 0. The molecule has 0 fully saturated rings. The molecule has 1 amide bonds. The molecule has 4 heteroatoms. The SMILES string of the molecule is CCNC(=O)CN(CC)CCOc1cc(C)ccc1C. The van der Waals surface area contributed by atoms with Crippen LogP contribution in [0, 0.1) is 13.8 Å². The van der Waals surface area contributed by atoms with Crippen molar-refractivity contribution >= 4 is 5.91 Å². The fourth-order valence-corrected chi connectivity index (χ4v) is 1.95. The Balaban J connectivity index is 2.41. The van der Waals surface area contributed by atoms with Gasteiger partial charge in [-0.25, -0.2) is 0 Å². The van der Waals surface area contributed by atoms with Crippen LogP contribution >= 0.6 is 0 Å². The quantitative estimate of drug-likeness (QED) is 0.792. The molecule has 0 radical (unpaired) electrons. The number of likely N-dealkylation sites (N-methyl/N-ethyl adjacent to an activating group) is 2. The van der Waals surface area contributed by atoms with Crippen LogP contribution in [0.25, 0.3) is 0 Å². The zero-order valence-corrected chi connectivity index (χ0v) is 13.0. The van der Waals surface area contributed by atoms with Gasteiger partial charge in [0.05, 0.1) is 6.54 Å². The Morgan fingerprint density at radius 3 is 2.70 bits per heavy atom. The molecule has 0 heterocycles. The van der Waals surface area contributed by atoms with E-state index in [1.807, 2.05) is 13.8 Å². The zero-order chi connectivity index (χ0) is 15.0. The molecule has 1 aromatic carbocycles. The Hall–Kier alpha value is -1.55. The molecule has 0 aliphatic rings. The maximum Gasteiger partial charge on any atom is 0.234 e. The number of rotatable bonds is 8. The molecule has 0 aliphatic heterocycles. The maximum absolute atomic E-state index is 11.6. The lowest BCUT2D eigenvalue weighted by atomic mass is 10.1. The Kier molecular flexibility index (Phi) is 7.09. The smallest absolute Gasteiger partial charge is 0.234 e. The van der Waals surface area contributed by atoms with Gasteiger partial charge in [0.25, 0.3) is 0 Å². The number of carbonyl (C=O) groups excluding carboxylic acids is 1. The van der Waals surface area contributed by atoms with Crippen LogP contribution in [0.2, 0.25) is 0 Å². The van der Waals surface area contributed by atoms with Crippen molar-refractivity contribution in [3.63, 3.8) is 0 Å². The van der Waals surface area contributed by atoms with Crippen LogP contribution in [0.1, 0.15) is 25.0 Å². The van der Waals surface area contributed by atoms with Crippen molar-refractivity contribution < 1.29 is 9.53 Å². The van der Waals surface area contributed by atoms with Gasteiger partial charge in [0.2, 0.25) is 5.91 Å². The third kappa shape index (κ3) is 5.61. The summed E-state index contributed by atoms with van der Waals surface area (Å²) in [6.07, 6.45) is 0. The summed E-state index contributed by atoms with van der Waals surface area (Å²) < 4.78 is 5.82. The van der Waals surface area contributed by atoms with E-state index in [9.17, 15) is 4.79 Å². The first-order chi connectivity index (χ1) is 9.56. The van der Waals surface area contributed by atoms with Gasteiger partial charge in [-0.15, -0.1) is 0 Å². The van der Waals surface area contributed by atoms with E-state index in [1.165, 1.54) is 5.56 Å². The lowest BCUT2D eigenvalue weighted by molar-refractivity contribution is -0.122. The molecule has 4 nitrogen and oxygen atoms in total. The van der Waals surface area contributed by atoms with Gasteiger partial charge in [-0.2, -0.15) is 0 Å². The zero-order valence-electron chi connectivity index (χ0n) is 13.0. The normalized spacial score (nSPS) is 10.7. The highest BCUT2D eigenvalue weighted by molar-refractivity contribution is 5.77. The molecule has 0 spiro atoms. The van der Waals surface area contributed by atoms with Crippen LogP contribution in [-0.4, -0.2) is 43.6 Å². The van der Waals surface area contributed by atoms with Crippen LogP contribution in [-0.2, 0) is 4.79 Å². The molecule has 1 N–H and O–H groups in total. The molecule has 0 unspecified atom stereocenters. The molecule has 0 aromatic heterocycles. The summed E-state index contributed by atoms with van der Waals surface area (Å²) in [5.74, 6) is 1.00. The number of ether oxygens (including phenoxy) is 1. The van der Waals surface area contributed by atoms with Crippen molar-refractivity contribution in [2.45, 2.75) is 27.7 Å². The van der Waals surface area contributed by atoms with Crippen molar-refractivity contribution in [2.75, 3.05) is 32.8 Å². The first-order valence-corrected chi connectivity index (χ1v) is 7.25. The highest BCUT2D eigenvalue weighted by Gasteiger charge is 2.08. The first kappa shape index (κ1) is 16.5. The molecular formula is C16H26N2O2. The van der Waals surface area contributed by atoms with Crippen molar-refractivity contribution in [3.8, 4) is 5.75 Å². The Bertz CT molecular complexity index is 432. The summed E-state index contributed by atoms with van der Waals surface area (Å²) in [5.41, 5.74) is 2.34. The second-order valence-electron chi connectivity index (χ2n) is 4.94. The van der Waals surface area contributed by atoms with Crippen LogP contribution in [0.3, 0.4) is 0 Å². The Morgan fingerprint density at radius 1 is 1.30 bits per heavy atom. The largest absolute Gasteiger partial charge is 0.492 e. The number of hydrogen-bond donors (Lipinski definition) is 1. The number of amides is 1. The average Bonchev–Trinajstić information content (AvgIpc) is 2.41. The number of nitrogens with zero attached hydrogens (tertiary/aromatic N) is 1. The van der Waals surface area contributed by atoms with Gasteiger partial charge in [-0.05, 0) is 44.5 Å². The van der Waals surface area contributed by atoms with Gasteiger partial charge >= 0.3 is 0 Å². The fourth-order valence-electron chi connectivity index (χ4n) is 1.95. The molecule has 0 atom stereocenters. The molecule has 0 aliphatic carbocycles. The molecule has 0 saturated heterocycles. The standard InChI is InChI=1S/C16H26N2O2/c1-5-17-16(19)12-18(6-2)9-10-20-15-11-13(3)7-8-14(15)4/h7-8,11H,5-6,9-10,12H2,1-4H3,(H,17,19). The minimum atomic E-state index is 0.0705. The van der Waals surface area contributed by atoms with Gasteiger partial charge in [0.1, 0.15) is 12.4 Å². The van der Waals surface area contributed by atoms with Crippen molar-refractivity contribution in [1.82, 2.24) is 10.2 Å². The second kappa shape index (κ2) is 8.59.